The van der Waals surface area contributed by atoms with Crippen molar-refractivity contribution in [2.75, 3.05) is 13.2 Å². The minimum atomic E-state index is -0.649. The van der Waals surface area contributed by atoms with Crippen LogP contribution in [0.2, 0.25) is 0 Å². The van der Waals surface area contributed by atoms with Crippen molar-refractivity contribution in [1.29, 1.82) is 0 Å². The molecule has 1 atom stereocenters. The maximum atomic E-state index is 12.7. The number of esters is 1. The second-order valence-corrected chi connectivity index (χ2v) is 8.83. The van der Waals surface area contributed by atoms with E-state index in [1.54, 1.807) is 62.4 Å². The Morgan fingerprint density at radius 1 is 1.20 bits per heavy atom. The van der Waals surface area contributed by atoms with Gasteiger partial charge in [-0.1, -0.05) is 30.3 Å². The highest BCUT2D eigenvalue weighted by Gasteiger charge is 2.32. The molecular formula is C27H25N5O7S. The van der Waals surface area contributed by atoms with Crippen LogP contribution in [0.15, 0.2) is 81.5 Å². The first-order chi connectivity index (χ1) is 19.3. The standard InChI is InChI=1S/C27H25N5O7S/c1-3-37-26(34)24-16(2)29-27(40)30-25(24)20-9-4-5-10-22(20)38-15-23(33)31-28-14-19-11-12-21(39-19)17-7-6-8-18(13-17)32(35)36/h4-14,25H,3,15H2,1-2H3,(H,31,33)(H2,29,30,40)/t25-/m0/s1. The number of non-ortho nitro benzene ring substituents is 1. The summed E-state index contributed by atoms with van der Waals surface area (Å²) in [4.78, 5) is 35.6. The van der Waals surface area contributed by atoms with Gasteiger partial charge in [0.15, 0.2) is 11.7 Å². The Kier molecular flexibility index (Phi) is 8.86. The number of amides is 1. The number of hydrogen-bond donors (Lipinski definition) is 3. The van der Waals surface area contributed by atoms with Gasteiger partial charge in [0.1, 0.15) is 17.3 Å². The average molecular weight is 564 g/mol. The van der Waals surface area contributed by atoms with Gasteiger partial charge in [0.05, 0.1) is 29.4 Å². The van der Waals surface area contributed by atoms with E-state index in [1.807, 2.05) is 0 Å². The third-order valence-electron chi connectivity index (χ3n) is 5.70. The van der Waals surface area contributed by atoms with Crippen molar-refractivity contribution in [3.63, 3.8) is 0 Å². The Bertz CT molecular complexity index is 1510. The molecule has 1 amide bonds. The molecule has 1 aliphatic rings. The first-order valence-electron chi connectivity index (χ1n) is 12.1. The fourth-order valence-electron chi connectivity index (χ4n) is 3.95. The molecule has 0 bridgehead atoms. The van der Waals surface area contributed by atoms with E-state index in [-0.39, 0.29) is 18.9 Å². The number of nitrogens with one attached hydrogen (secondary N) is 3. The zero-order valence-corrected chi connectivity index (χ0v) is 22.3. The Balaban J connectivity index is 1.40. The molecule has 12 nitrogen and oxygen atoms in total. The first kappa shape index (κ1) is 28.0. The molecule has 1 aromatic heterocycles. The van der Waals surface area contributed by atoms with Crippen LogP contribution in [0.5, 0.6) is 5.75 Å². The number of carbonyl (C=O) groups is 2. The fourth-order valence-corrected chi connectivity index (χ4v) is 4.22. The second kappa shape index (κ2) is 12.7. The van der Waals surface area contributed by atoms with Crippen LogP contribution >= 0.6 is 12.2 Å². The molecule has 0 saturated carbocycles. The van der Waals surface area contributed by atoms with Crippen molar-refractivity contribution >= 4 is 41.1 Å². The van der Waals surface area contributed by atoms with Crippen molar-refractivity contribution in [1.82, 2.24) is 16.1 Å². The fraction of sp³-hybridized carbons (Fsp3) is 0.185. The van der Waals surface area contributed by atoms with Gasteiger partial charge in [-0.3, -0.25) is 14.9 Å². The summed E-state index contributed by atoms with van der Waals surface area (Å²) in [7, 11) is 0. The zero-order chi connectivity index (χ0) is 28.6. The lowest BCUT2D eigenvalue weighted by atomic mass is 9.95. The second-order valence-electron chi connectivity index (χ2n) is 8.42. The van der Waals surface area contributed by atoms with Crippen LogP contribution in [0.3, 0.4) is 0 Å². The number of nitrogens with zero attached hydrogens (tertiary/aromatic N) is 2. The topological polar surface area (TPSA) is 157 Å². The number of rotatable bonds is 10. The van der Waals surface area contributed by atoms with E-state index in [9.17, 15) is 19.7 Å². The molecule has 1 aliphatic heterocycles. The third kappa shape index (κ3) is 6.69. The van der Waals surface area contributed by atoms with Crippen LogP contribution in [0.4, 0.5) is 5.69 Å². The van der Waals surface area contributed by atoms with Gasteiger partial charge in [-0.2, -0.15) is 5.10 Å². The lowest BCUT2D eigenvalue weighted by Crippen LogP contribution is -2.45. The number of nitro groups is 1. The molecule has 4 rings (SSSR count). The lowest BCUT2D eigenvalue weighted by Gasteiger charge is -2.30. The van der Waals surface area contributed by atoms with Crippen LogP contribution in [0, 0.1) is 10.1 Å². The summed E-state index contributed by atoms with van der Waals surface area (Å²) in [6, 6.07) is 15.6. The Labute approximate surface area is 234 Å². The van der Waals surface area contributed by atoms with Gasteiger partial charge in [0.2, 0.25) is 0 Å². The van der Waals surface area contributed by atoms with Gasteiger partial charge >= 0.3 is 5.97 Å². The van der Waals surface area contributed by atoms with E-state index >= 15 is 0 Å². The van der Waals surface area contributed by atoms with E-state index in [2.05, 4.69) is 21.2 Å². The number of furan rings is 1. The number of thiocarbonyl (C=S) groups is 1. The molecule has 206 valence electrons. The SMILES string of the molecule is CCOC(=O)C1=C(C)NC(=S)N[C@H]1c1ccccc1OCC(=O)NN=Cc1ccc(-c2cccc([N+](=O)[O-])c2)o1. The monoisotopic (exact) mass is 563 g/mol. The average Bonchev–Trinajstić information content (AvgIpc) is 3.41. The lowest BCUT2D eigenvalue weighted by molar-refractivity contribution is -0.384. The molecule has 3 N–H and O–H groups in total. The van der Waals surface area contributed by atoms with Gasteiger partial charge in [-0.25, -0.2) is 10.2 Å². The summed E-state index contributed by atoms with van der Waals surface area (Å²) in [5.41, 5.74) is 4.33. The number of carbonyl (C=O) groups excluding carboxylic acids is 2. The Hall–Kier alpha value is -5.04. The maximum Gasteiger partial charge on any atom is 0.338 e. The highest BCUT2D eigenvalue weighted by atomic mass is 32.1. The summed E-state index contributed by atoms with van der Waals surface area (Å²) >= 11 is 5.28. The van der Waals surface area contributed by atoms with E-state index in [0.717, 1.165) is 0 Å². The third-order valence-corrected chi connectivity index (χ3v) is 5.92. The number of para-hydroxylation sites is 1. The highest BCUT2D eigenvalue weighted by Crippen LogP contribution is 2.33. The molecule has 3 aromatic rings. The van der Waals surface area contributed by atoms with Crippen molar-refractivity contribution in [3.8, 4) is 17.1 Å². The quantitative estimate of drug-likeness (QED) is 0.109. The summed E-state index contributed by atoms with van der Waals surface area (Å²) in [5.74, 6) is 0.0678. The number of ether oxygens (including phenoxy) is 2. The van der Waals surface area contributed by atoms with Gasteiger partial charge in [-0.15, -0.1) is 0 Å². The molecule has 13 heteroatoms. The van der Waals surface area contributed by atoms with Crippen LogP contribution in [0.25, 0.3) is 11.3 Å². The summed E-state index contributed by atoms with van der Waals surface area (Å²) < 4.78 is 16.6. The Morgan fingerprint density at radius 2 is 2.00 bits per heavy atom. The largest absolute Gasteiger partial charge is 0.483 e. The molecule has 2 heterocycles. The normalized spacial score (nSPS) is 14.8. The summed E-state index contributed by atoms with van der Waals surface area (Å²) in [6.07, 6.45) is 1.30. The highest BCUT2D eigenvalue weighted by molar-refractivity contribution is 7.80. The summed E-state index contributed by atoms with van der Waals surface area (Å²) in [6.45, 7) is 3.29. The van der Waals surface area contributed by atoms with Crippen molar-refractivity contribution < 1.29 is 28.4 Å². The predicted octanol–water partition coefficient (Wildman–Crippen LogP) is 3.74. The maximum absolute atomic E-state index is 12.7. The van der Waals surface area contributed by atoms with E-state index < -0.39 is 22.8 Å². The minimum Gasteiger partial charge on any atom is -0.483 e. The van der Waals surface area contributed by atoms with Gasteiger partial charge < -0.3 is 24.5 Å². The molecule has 0 radical (unpaired) electrons. The molecular weight excluding hydrogens is 538 g/mol. The van der Waals surface area contributed by atoms with Gasteiger partial charge in [0.25, 0.3) is 11.6 Å². The number of nitro benzene ring substituents is 1. The first-order valence-corrected chi connectivity index (χ1v) is 12.5. The van der Waals surface area contributed by atoms with E-state index in [0.29, 0.717) is 44.8 Å². The minimum absolute atomic E-state index is 0.0557. The number of hydrogen-bond acceptors (Lipinski definition) is 9. The van der Waals surface area contributed by atoms with Crippen LogP contribution < -0.4 is 20.8 Å². The molecule has 0 spiro atoms. The molecule has 0 unspecified atom stereocenters. The number of benzene rings is 2. The van der Waals surface area contributed by atoms with E-state index in [4.69, 9.17) is 26.1 Å². The van der Waals surface area contributed by atoms with Crippen LogP contribution in [-0.2, 0) is 14.3 Å². The Morgan fingerprint density at radius 3 is 2.77 bits per heavy atom. The molecule has 40 heavy (non-hydrogen) atoms. The van der Waals surface area contributed by atoms with Crippen molar-refractivity contribution in [3.05, 3.63) is 93.4 Å². The molecule has 0 aliphatic carbocycles. The number of hydrazone groups is 1. The molecule has 0 saturated heterocycles. The zero-order valence-electron chi connectivity index (χ0n) is 21.5. The van der Waals surface area contributed by atoms with E-state index in [1.165, 1.54) is 18.3 Å². The smallest absolute Gasteiger partial charge is 0.338 e. The molecule has 0 fully saturated rings. The van der Waals surface area contributed by atoms with Crippen molar-refractivity contribution in [2.45, 2.75) is 19.9 Å². The van der Waals surface area contributed by atoms with Crippen molar-refractivity contribution in [2.24, 2.45) is 5.10 Å². The van der Waals surface area contributed by atoms with Crippen LogP contribution in [0.1, 0.15) is 31.2 Å². The van der Waals surface area contributed by atoms with Crippen LogP contribution in [-0.4, -0.2) is 41.3 Å². The molecule has 2 aromatic carbocycles. The van der Waals surface area contributed by atoms with Gasteiger partial charge in [-0.05, 0) is 44.3 Å². The predicted molar refractivity (Wildman–Crippen MR) is 149 cm³/mol. The summed E-state index contributed by atoms with van der Waals surface area (Å²) in [5, 5.41) is 21.2. The van der Waals surface area contributed by atoms with Gasteiger partial charge in [0, 0.05) is 29.0 Å². The number of allylic oxidation sites excluding steroid dienone is 1.